The summed E-state index contributed by atoms with van der Waals surface area (Å²) in [5.41, 5.74) is 3.09. The van der Waals surface area contributed by atoms with Crippen LogP contribution in [-0.2, 0) is 16.0 Å². The summed E-state index contributed by atoms with van der Waals surface area (Å²) >= 11 is 12.6. The predicted molar refractivity (Wildman–Crippen MR) is 110 cm³/mol. The highest BCUT2D eigenvalue weighted by Gasteiger charge is 2.48. The van der Waals surface area contributed by atoms with Crippen LogP contribution in [0.1, 0.15) is 34.7 Å². The van der Waals surface area contributed by atoms with E-state index in [-0.39, 0.29) is 17.9 Å². The lowest BCUT2D eigenvalue weighted by molar-refractivity contribution is -0.187. The quantitative estimate of drug-likeness (QED) is 0.492. The topological polar surface area (TPSA) is 35.5 Å². The van der Waals surface area contributed by atoms with E-state index < -0.39 is 23.8 Å². The highest BCUT2D eigenvalue weighted by molar-refractivity contribution is 6.32. The van der Waals surface area contributed by atoms with Gasteiger partial charge in [0.25, 0.3) is 0 Å². The molecule has 0 saturated heterocycles. The minimum absolute atomic E-state index is 0.000588. The largest absolute Gasteiger partial charge is 0.475 e. The summed E-state index contributed by atoms with van der Waals surface area (Å²) < 4.78 is 50.6. The van der Waals surface area contributed by atoms with Gasteiger partial charge in [-0.15, -0.1) is 0 Å². The number of alkyl halides is 3. The standard InChI is InChI=1S/C22H19Cl2F3O3/c1-4-29-21(28)16-7-15-9-18(24)14(10-19(15)30-20(16)22(25,26)27)6-13-8-17(23)12(3)5-11(13)2/h5,7-10,20H,4,6H2,1-3H3. The van der Waals surface area contributed by atoms with Crippen LogP contribution in [0.15, 0.2) is 29.8 Å². The number of aryl methyl sites for hydroxylation is 2. The minimum atomic E-state index is -4.78. The van der Waals surface area contributed by atoms with E-state index in [9.17, 15) is 18.0 Å². The molecular weight excluding hydrogens is 440 g/mol. The van der Waals surface area contributed by atoms with Crippen LogP contribution in [0.4, 0.5) is 13.2 Å². The average molecular weight is 459 g/mol. The fourth-order valence-electron chi connectivity index (χ4n) is 3.28. The number of fused-ring (bicyclic) bond motifs is 1. The molecule has 0 aromatic heterocycles. The van der Waals surface area contributed by atoms with Crippen LogP contribution < -0.4 is 4.74 Å². The SMILES string of the molecule is CCOC(=O)C1=Cc2cc(Cl)c(Cc3cc(Cl)c(C)cc3C)cc2OC1C(F)(F)F. The van der Waals surface area contributed by atoms with Crippen molar-refractivity contribution in [2.45, 2.75) is 39.5 Å². The molecule has 1 atom stereocenters. The van der Waals surface area contributed by atoms with E-state index in [0.29, 0.717) is 22.0 Å². The van der Waals surface area contributed by atoms with Crippen molar-refractivity contribution in [1.82, 2.24) is 0 Å². The van der Waals surface area contributed by atoms with Crippen LogP contribution in [0.5, 0.6) is 5.75 Å². The zero-order valence-electron chi connectivity index (χ0n) is 16.5. The number of hydrogen-bond donors (Lipinski definition) is 0. The number of hydrogen-bond acceptors (Lipinski definition) is 3. The second-order valence-corrected chi connectivity index (χ2v) is 7.86. The smallest absolute Gasteiger partial charge is 0.430 e. The van der Waals surface area contributed by atoms with Gasteiger partial charge in [0.15, 0.2) is 0 Å². The van der Waals surface area contributed by atoms with Crippen molar-refractivity contribution >= 4 is 35.2 Å². The first-order valence-corrected chi connectivity index (χ1v) is 9.97. The van der Waals surface area contributed by atoms with E-state index in [4.69, 9.17) is 32.7 Å². The number of rotatable bonds is 4. The molecule has 1 heterocycles. The van der Waals surface area contributed by atoms with E-state index in [2.05, 4.69) is 0 Å². The lowest BCUT2D eigenvalue weighted by Gasteiger charge is -2.28. The fourth-order valence-corrected chi connectivity index (χ4v) is 3.71. The van der Waals surface area contributed by atoms with Crippen LogP contribution in [0.3, 0.4) is 0 Å². The van der Waals surface area contributed by atoms with Crippen LogP contribution in [0.2, 0.25) is 10.0 Å². The van der Waals surface area contributed by atoms with Gasteiger partial charge in [0, 0.05) is 15.6 Å². The number of esters is 1. The summed E-state index contributed by atoms with van der Waals surface area (Å²) in [5.74, 6) is -1.07. The summed E-state index contributed by atoms with van der Waals surface area (Å²) in [6, 6.07) is 6.72. The summed E-state index contributed by atoms with van der Waals surface area (Å²) in [6.45, 7) is 5.28. The molecule has 0 aliphatic carbocycles. The number of benzene rings is 2. The molecule has 1 aliphatic heterocycles. The maximum Gasteiger partial charge on any atom is 0.430 e. The van der Waals surface area contributed by atoms with Crippen molar-refractivity contribution in [3.8, 4) is 5.75 Å². The van der Waals surface area contributed by atoms with E-state index in [0.717, 1.165) is 22.8 Å². The van der Waals surface area contributed by atoms with Crippen molar-refractivity contribution in [2.75, 3.05) is 6.61 Å². The molecule has 0 radical (unpaired) electrons. The van der Waals surface area contributed by atoms with Crippen molar-refractivity contribution in [3.05, 3.63) is 67.7 Å². The molecule has 3 nitrogen and oxygen atoms in total. The predicted octanol–water partition coefficient (Wildman–Crippen LogP) is 6.47. The Morgan fingerprint density at radius 1 is 1.07 bits per heavy atom. The van der Waals surface area contributed by atoms with Crippen LogP contribution in [-0.4, -0.2) is 24.9 Å². The average Bonchev–Trinajstić information content (AvgIpc) is 2.65. The third kappa shape index (κ3) is 4.60. The molecule has 0 saturated carbocycles. The Hall–Kier alpha value is -2.18. The van der Waals surface area contributed by atoms with Crippen LogP contribution in [0, 0.1) is 13.8 Å². The molecule has 30 heavy (non-hydrogen) atoms. The highest BCUT2D eigenvalue weighted by atomic mass is 35.5. The van der Waals surface area contributed by atoms with E-state index in [1.54, 1.807) is 0 Å². The summed E-state index contributed by atoms with van der Waals surface area (Å²) in [4.78, 5) is 12.0. The van der Waals surface area contributed by atoms with Gasteiger partial charge in [-0.3, -0.25) is 0 Å². The van der Waals surface area contributed by atoms with Gasteiger partial charge in [-0.1, -0.05) is 29.3 Å². The van der Waals surface area contributed by atoms with Crippen LogP contribution >= 0.6 is 23.2 Å². The monoisotopic (exact) mass is 458 g/mol. The number of ether oxygens (including phenoxy) is 2. The molecular formula is C22H19Cl2F3O3. The zero-order chi connectivity index (χ0) is 22.2. The molecule has 1 unspecified atom stereocenters. The third-order valence-electron chi connectivity index (χ3n) is 4.82. The second kappa shape index (κ2) is 8.52. The van der Waals surface area contributed by atoms with Gasteiger partial charge >= 0.3 is 12.1 Å². The summed E-state index contributed by atoms with van der Waals surface area (Å²) in [6.07, 6.45) is -5.70. The Morgan fingerprint density at radius 2 is 1.77 bits per heavy atom. The number of carbonyl (C=O) groups is 1. The molecule has 160 valence electrons. The fraction of sp³-hybridized carbons (Fsp3) is 0.318. The van der Waals surface area contributed by atoms with Gasteiger partial charge in [-0.2, -0.15) is 13.2 Å². The first-order chi connectivity index (χ1) is 14.0. The van der Waals surface area contributed by atoms with Gasteiger partial charge < -0.3 is 9.47 Å². The maximum atomic E-state index is 13.5. The first kappa shape index (κ1) is 22.5. The Labute approximate surface area is 182 Å². The Bertz CT molecular complexity index is 1030. The number of halogens is 5. The van der Waals surface area contributed by atoms with Gasteiger partial charge in [0.1, 0.15) is 5.75 Å². The molecule has 8 heteroatoms. The first-order valence-electron chi connectivity index (χ1n) is 9.21. The molecule has 1 aliphatic rings. The van der Waals surface area contributed by atoms with Gasteiger partial charge in [-0.05, 0) is 73.7 Å². The normalized spacial score (nSPS) is 15.9. The molecule has 0 fully saturated rings. The molecule has 3 rings (SSSR count). The lowest BCUT2D eigenvalue weighted by atomic mass is 9.95. The van der Waals surface area contributed by atoms with Crippen molar-refractivity contribution in [1.29, 1.82) is 0 Å². The van der Waals surface area contributed by atoms with E-state index >= 15 is 0 Å². The second-order valence-electron chi connectivity index (χ2n) is 7.05. The minimum Gasteiger partial charge on any atom is -0.475 e. The third-order valence-corrected chi connectivity index (χ3v) is 5.58. The van der Waals surface area contributed by atoms with Gasteiger partial charge in [-0.25, -0.2) is 4.79 Å². The maximum absolute atomic E-state index is 13.5. The summed E-state index contributed by atoms with van der Waals surface area (Å²) in [5, 5.41) is 0.943. The van der Waals surface area contributed by atoms with E-state index in [1.807, 2.05) is 26.0 Å². The Balaban J connectivity index is 2.03. The molecule has 0 amide bonds. The van der Waals surface area contributed by atoms with Crippen molar-refractivity contribution in [2.24, 2.45) is 0 Å². The van der Waals surface area contributed by atoms with Gasteiger partial charge in [0.2, 0.25) is 6.10 Å². The molecule has 0 bridgehead atoms. The number of carbonyl (C=O) groups excluding carboxylic acids is 1. The Kier molecular flexibility index (Phi) is 6.39. The van der Waals surface area contributed by atoms with Gasteiger partial charge in [0.05, 0.1) is 12.2 Å². The lowest BCUT2D eigenvalue weighted by Crippen LogP contribution is -2.40. The van der Waals surface area contributed by atoms with Crippen LogP contribution in [0.25, 0.3) is 6.08 Å². The van der Waals surface area contributed by atoms with Crippen molar-refractivity contribution in [3.63, 3.8) is 0 Å². The van der Waals surface area contributed by atoms with Crippen molar-refractivity contribution < 1.29 is 27.4 Å². The Morgan fingerprint density at radius 3 is 2.40 bits per heavy atom. The molecule has 0 N–H and O–H groups in total. The molecule has 2 aromatic rings. The zero-order valence-corrected chi connectivity index (χ0v) is 18.0. The summed E-state index contributed by atoms with van der Waals surface area (Å²) in [7, 11) is 0. The molecule has 0 spiro atoms. The highest BCUT2D eigenvalue weighted by Crippen LogP contribution is 2.40. The van der Waals surface area contributed by atoms with E-state index in [1.165, 1.54) is 19.1 Å². The molecule has 2 aromatic carbocycles.